The standard InChI is InChI=1S/C4H10N.Ni/c1-2-3-4-5;/h5H,2-4H2,1H3;/q-1;+2. The molecule has 0 unspecified atom stereocenters. The third-order valence-corrected chi connectivity index (χ3v) is 0.856. The third kappa shape index (κ3) is 4.45. The van der Waals surface area contributed by atoms with Crippen LogP contribution in [0, 0.1) is 0 Å². The summed E-state index contributed by atoms with van der Waals surface area (Å²) in [5, 5.41) is 0. The summed E-state index contributed by atoms with van der Waals surface area (Å²) >= 11 is 4.22. The van der Waals surface area contributed by atoms with E-state index in [-0.39, 0.29) is 0 Å². The van der Waals surface area contributed by atoms with Crippen LogP contribution in [0.1, 0.15) is 19.8 Å². The predicted octanol–water partition coefficient (Wildman–Crippen LogP) is 0.838. The van der Waals surface area contributed by atoms with Gasteiger partial charge in [-0.3, -0.25) is 0 Å². The molecule has 0 aromatic heterocycles. The van der Waals surface area contributed by atoms with Crippen molar-refractivity contribution in [1.82, 2.24) is 4.40 Å². The second-order valence-electron chi connectivity index (χ2n) is 1.22. The Kier molecular flexibility index (Phi) is 5.87. The van der Waals surface area contributed by atoms with E-state index in [0.717, 1.165) is 6.54 Å². The van der Waals surface area contributed by atoms with Gasteiger partial charge in [-0.15, -0.1) is 0 Å². The molecular weight excluding hydrogens is 121 g/mol. The summed E-state index contributed by atoms with van der Waals surface area (Å²) in [6, 6.07) is 0. The predicted molar refractivity (Wildman–Crippen MR) is 22.9 cm³/mol. The second-order valence-corrected chi connectivity index (χ2v) is 1.56. The number of hydrogen-bond acceptors (Lipinski definition) is 1. The number of hydrogen-bond donors (Lipinski definition) is 1. The molecule has 2 heteroatoms. The van der Waals surface area contributed by atoms with Gasteiger partial charge in [0.05, 0.1) is 0 Å². The van der Waals surface area contributed by atoms with Crippen molar-refractivity contribution in [3.63, 3.8) is 0 Å². The van der Waals surface area contributed by atoms with Crippen LogP contribution in [-0.4, -0.2) is 6.54 Å². The summed E-state index contributed by atoms with van der Waals surface area (Å²) in [4.78, 5) is 0. The Hall–Kier alpha value is 0.454. The van der Waals surface area contributed by atoms with Crippen LogP contribution in [-0.2, 0) is 15.7 Å². The molecule has 0 spiro atoms. The molecule has 0 amide bonds. The Labute approximate surface area is 47.1 Å². The number of rotatable bonds is 3. The molecule has 0 aromatic carbocycles. The molecule has 0 aliphatic heterocycles. The van der Waals surface area contributed by atoms with Crippen molar-refractivity contribution in [2.24, 2.45) is 0 Å². The first-order valence-corrected chi connectivity index (χ1v) is 2.71. The van der Waals surface area contributed by atoms with E-state index < -0.39 is 0 Å². The topological polar surface area (TPSA) is 12.0 Å². The van der Waals surface area contributed by atoms with Crippen molar-refractivity contribution in [2.75, 3.05) is 6.54 Å². The first kappa shape index (κ1) is 6.45. The molecule has 1 N–H and O–H groups in total. The van der Waals surface area contributed by atoms with Crippen LogP contribution in [0.3, 0.4) is 0 Å². The van der Waals surface area contributed by atoms with Crippen LogP contribution in [0.5, 0.6) is 0 Å². The van der Waals surface area contributed by atoms with Crippen molar-refractivity contribution < 1.29 is 15.7 Å². The van der Waals surface area contributed by atoms with E-state index in [1.807, 2.05) is 0 Å². The molecule has 0 bridgehead atoms. The van der Waals surface area contributed by atoms with E-state index >= 15 is 0 Å². The summed E-state index contributed by atoms with van der Waals surface area (Å²) in [5.41, 5.74) is 0. The van der Waals surface area contributed by atoms with Crippen molar-refractivity contribution in [3.8, 4) is 0 Å². The van der Waals surface area contributed by atoms with Crippen LogP contribution in [0.15, 0.2) is 0 Å². The van der Waals surface area contributed by atoms with Crippen LogP contribution >= 0.6 is 0 Å². The van der Waals surface area contributed by atoms with Crippen LogP contribution in [0.2, 0.25) is 0 Å². The van der Waals surface area contributed by atoms with Crippen molar-refractivity contribution >= 4 is 0 Å². The van der Waals surface area contributed by atoms with Crippen LogP contribution in [0.4, 0.5) is 0 Å². The average Bonchev–Trinajstić information content (AvgIpc) is 1.61. The molecular formula is C4H10NNi+. The SMILES string of the molecule is CCCC[NH][Ni+]. The van der Waals surface area contributed by atoms with Gasteiger partial charge in [-0.1, -0.05) is 0 Å². The van der Waals surface area contributed by atoms with Crippen molar-refractivity contribution in [3.05, 3.63) is 0 Å². The minimum absolute atomic E-state index is 0.997. The average molecular weight is 131 g/mol. The van der Waals surface area contributed by atoms with E-state index in [1.165, 1.54) is 12.8 Å². The van der Waals surface area contributed by atoms with Crippen molar-refractivity contribution in [1.29, 1.82) is 0 Å². The van der Waals surface area contributed by atoms with E-state index in [9.17, 15) is 0 Å². The monoisotopic (exact) mass is 130 g/mol. The Morgan fingerprint density at radius 2 is 2.33 bits per heavy atom. The fraction of sp³-hybridized carbons (Fsp3) is 1.00. The molecule has 0 rings (SSSR count). The Bertz CT molecular complexity index is 19.5. The molecule has 0 saturated heterocycles. The van der Waals surface area contributed by atoms with Gasteiger partial charge in [0.15, 0.2) is 0 Å². The minimum atomic E-state index is 0.997. The van der Waals surface area contributed by atoms with Gasteiger partial charge >= 0.3 is 46.4 Å². The molecule has 0 aliphatic carbocycles. The van der Waals surface area contributed by atoms with Gasteiger partial charge in [-0.05, 0) is 0 Å². The zero-order valence-electron chi connectivity index (χ0n) is 3.94. The molecule has 0 heterocycles. The summed E-state index contributed by atoms with van der Waals surface area (Å²) in [6.07, 6.45) is 2.44. The summed E-state index contributed by atoms with van der Waals surface area (Å²) in [6.45, 7) is 3.15. The summed E-state index contributed by atoms with van der Waals surface area (Å²) in [5.74, 6) is 0. The van der Waals surface area contributed by atoms with Crippen LogP contribution in [0.25, 0.3) is 0 Å². The maximum absolute atomic E-state index is 4.22. The van der Waals surface area contributed by atoms with Gasteiger partial charge in [0.2, 0.25) is 0 Å². The zero-order valence-corrected chi connectivity index (χ0v) is 4.93. The van der Waals surface area contributed by atoms with Gasteiger partial charge in [0.1, 0.15) is 0 Å². The molecule has 6 heavy (non-hydrogen) atoms. The summed E-state index contributed by atoms with van der Waals surface area (Å²) < 4.78 is 2.69. The quantitative estimate of drug-likeness (QED) is 0.441. The maximum atomic E-state index is 4.22. The number of nitrogens with one attached hydrogen (secondary N) is 1. The third-order valence-electron chi connectivity index (χ3n) is 0.609. The van der Waals surface area contributed by atoms with Gasteiger partial charge < -0.3 is 0 Å². The second kappa shape index (κ2) is 5.45. The van der Waals surface area contributed by atoms with Gasteiger partial charge in [-0.25, -0.2) is 0 Å². The van der Waals surface area contributed by atoms with E-state index in [4.69, 9.17) is 0 Å². The first-order valence-electron chi connectivity index (χ1n) is 2.22. The fourth-order valence-corrected chi connectivity index (χ4v) is 0.407. The molecule has 1 nitrogen and oxygen atoms in total. The van der Waals surface area contributed by atoms with Gasteiger partial charge in [0, 0.05) is 0 Å². The molecule has 0 aromatic rings. The Balaban J connectivity index is 2.34. The molecule has 0 saturated carbocycles. The van der Waals surface area contributed by atoms with E-state index in [0.29, 0.717) is 0 Å². The van der Waals surface area contributed by atoms with Gasteiger partial charge in [-0.2, -0.15) is 0 Å². The molecule has 0 radical (unpaired) electrons. The molecule has 0 fully saturated rings. The zero-order chi connectivity index (χ0) is 4.83. The molecule has 0 atom stereocenters. The normalized spacial score (nSPS) is 9.17. The fourth-order valence-electron chi connectivity index (χ4n) is 0.233. The Morgan fingerprint density at radius 3 is 2.50 bits per heavy atom. The van der Waals surface area contributed by atoms with Gasteiger partial charge in [0.25, 0.3) is 0 Å². The van der Waals surface area contributed by atoms with Crippen LogP contribution < -0.4 is 4.40 Å². The first-order chi connectivity index (χ1) is 2.91. The van der Waals surface area contributed by atoms with E-state index in [2.05, 4.69) is 27.0 Å². The van der Waals surface area contributed by atoms with E-state index in [1.54, 1.807) is 0 Å². The Morgan fingerprint density at radius 1 is 1.67 bits per heavy atom. The molecule has 40 valence electrons. The van der Waals surface area contributed by atoms with Crippen molar-refractivity contribution in [2.45, 2.75) is 19.8 Å². The molecule has 0 aliphatic rings. The number of unbranched alkanes of at least 4 members (excludes halogenated alkanes) is 1. The summed E-state index contributed by atoms with van der Waals surface area (Å²) in [7, 11) is 0.